The van der Waals surface area contributed by atoms with Crippen molar-refractivity contribution < 1.29 is 0 Å². The molecule has 0 spiro atoms. The standard InChI is InChI=1S/C16H26N2S3/c1-16(2,3)17-9-11-5-4-6-12-14(11)18-15(21-12)13-10-19-7-8-20-13/h11,13,17H,4-10H2,1-3H3. The first-order chi connectivity index (χ1) is 10.0. The van der Waals surface area contributed by atoms with Gasteiger partial charge in [-0.3, -0.25) is 0 Å². The quantitative estimate of drug-likeness (QED) is 0.876. The van der Waals surface area contributed by atoms with Crippen LogP contribution in [0.4, 0.5) is 0 Å². The minimum Gasteiger partial charge on any atom is -0.311 e. The van der Waals surface area contributed by atoms with E-state index in [1.165, 1.54) is 47.2 Å². The summed E-state index contributed by atoms with van der Waals surface area (Å²) in [5, 5.41) is 5.73. The van der Waals surface area contributed by atoms with Crippen molar-refractivity contribution in [2.45, 2.75) is 56.7 Å². The van der Waals surface area contributed by atoms with Crippen molar-refractivity contribution in [2.75, 3.05) is 23.8 Å². The number of rotatable bonds is 3. The second-order valence-electron chi connectivity index (χ2n) is 7.01. The highest BCUT2D eigenvalue weighted by molar-refractivity contribution is 8.06. The average Bonchev–Trinajstić information content (AvgIpc) is 2.89. The summed E-state index contributed by atoms with van der Waals surface area (Å²) in [6, 6.07) is 0. The normalized spacial score (nSPS) is 26.6. The van der Waals surface area contributed by atoms with E-state index in [1.54, 1.807) is 4.88 Å². The number of fused-ring (bicyclic) bond motifs is 1. The van der Waals surface area contributed by atoms with Crippen LogP contribution in [0.3, 0.4) is 0 Å². The number of aryl methyl sites for hydroxylation is 1. The first-order valence-corrected chi connectivity index (χ1v) is 11.0. The molecule has 2 aliphatic rings. The molecular weight excluding hydrogens is 316 g/mol. The molecule has 0 bridgehead atoms. The van der Waals surface area contributed by atoms with Gasteiger partial charge in [-0.05, 0) is 40.0 Å². The maximum atomic E-state index is 5.10. The summed E-state index contributed by atoms with van der Waals surface area (Å²) < 4.78 is 0. The van der Waals surface area contributed by atoms with Crippen molar-refractivity contribution in [1.29, 1.82) is 0 Å². The van der Waals surface area contributed by atoms with E-state index in [0.29, 0.717) is 11.2 Å². The molecular formula is C16H26N2S3. The molecule has 0 saturated carbocycles. The zero-order valence-electron chi connectivity index (χ0n) is 13.3. The molecule has 5 heteroatoms. The molecule has 2 nitrogen and oxygen atoms in total. The monoisotopic (exact) mass is 342 g/mol. The third kappa shape index (κ3) is 4.18. The molecule has 0 aromatic carbocycles. The van der Waals surface area contributed by atoms with Crippen LogP contribution < -0.4 is 5.32 Å². The Morgan fingerprint density at radius 1 is 1.29 bits per heavy atom. The first-order valence-electron chi connectivity index (χ1n) is 7.97. The van der Waals surface area contributed by atoms with Gasteiger partial charge in [-0.15, -0.1) is 23.1 Å². The fourth-order valence-corrected chi connectivity index (χ4v) is 7.10. The number of hydrogen-bond acceptors (Lipinski definition) is 5. The van der Waals surface area contributed by atoms with E-state index in [-0.39, 0.29) is 5.54 Å². The van der Waals surface area contributed by atoms with Gasteiger partial charge in [0.25, 0.3) is 0 Å². The number of aromatic nitrogens is 1. The number of nitrogens with one attached hydrogen (secondary N) is 1. The molecule has 1 aliphatic heterocycles. The highest BCUT2D eigenvalue weighted by Crippen LogP contribution is 2.42. The van der Waals surface area contributed by atoms with Crippen LogP contribution in [-0.4, -0.2) is 34.3 Å². The van der Waals surface area contributed by atoms with Gasteiger partial charge in [-0.1, -0.05) is 0 Å². The Morgan fingerprint density at radius 3 is 2.86 bits per heavy atom. The van der Waals surface area contributed by atoms with Crippen molar-refractivity contribution in [3.05, 3.63) is 15.6 Å². The molecule has 1 fully saturated rings. The van der Waals surface area contributed by atoms with Gasteiger partial charge in [0.05, 0.1) is 10.9 Å². The third-order valence-corrected chi connectivity index (χ3v) is 8.21. The Balaban J connectivity index is 1.73. The third-order valence-electron chi connectivity index (χ3n) is 4.06. The van der Waals surface area contributed by atoms with Crippen LogP contribution in [0.2, 0.25) is 0 Å². The smallest absolute Gasteiger partial charge is 0.107 e. The number of thioether (sulfide) groups is 2. The molecule has 1 N–H and O–H groups in total. The van der Waals surface area contributed by atoms with Gasteiger partial charge in [0, 0.05) is 40.1 Å². The molecule has 2 heterocycles. The molecule has 2 atom stereocenters. The van der Waals surface area contributed by atoms with Crippen LogP contribution >= 0.6 is 34.9 Å². The van der Waals surface area contributed by atoms with Gasteiger partial charge < -0.3 is 5.32 Å². The van der Waals surface area contributed by atoms with Crippen LogP contribution in [0.25, 0.3) is 0 Å². The lowest BCUT2D eigenvalue weighted by atomic mass is 9.90. The molecule has 1 aliphatic carbocycles. The second kappa shape index (κ2) is 6.81. The molecule has 1 aromatic heterocycles. The molecule has 0 radical (unpaired) electrons. The van der Waals surface area contributed by atoms with Gasteiger partial charge in [-0.2, -0.15) is 11.8 Å². The zero-order valence-corrected chi connectivity index (χ0v) is 15.7. The lowest BCUT2D eigenvalue weighted by Gasteiger charge is -2.27. The number of thiazole rings is 1. The minimum atomic E-state index is 0.201. The Labute approximate surface area is 141 Å². The summed E-state index contributed by atoms with van der Waals surface area (Å²) in [6.45, 7) is 7.82. The topological polar surface area (TPSA) is 24.9 Å². The molecule has 3 rings (SSSR count). The average molecular weight is 343 g/mol. The van der Waals surface area contributed by atoms with Crippen molar-refractivity contribution in [1.82, 2.24) is 10.3 Å². The summed E-state index contributed by atoms with van der Waals surface area (Å²) in [5.41, 5.74) is 1.63. The van der Waals surface area contributed by atoms with E-state index in [4.69, 9.17) is 4.98 Å². The summed E-state index contributed by atoms with van der Waals surface area (Å²) in [6.07, 6.45) is 3.88. The fourth-order valence-electron chi connectivity index (χ4n) is 2.92. The molecule has 0 amide bonds. The van der Waals surface area contributed by atoms with Gasteiger partial charge in [0.15, 0.2) is 0 Å². The molecule has 1 aromatic rings. The Bertz CT molecular complexity index is 472. The molecule has 2 unspecified atom stereocenters. The van der Waals surface area contributed by atoms with Gasteiger partial charge in [-0.25, -0.2) is 4.98 Å². The van der Waals surface area contributed by atoms with Gasteiger partial charge >= 0.3 is 0 Å². The van der Waals surface area contributed by atoms with Crippen LogP contribution in [0.15, 0.2) is 0 Å². The lowest BCUT2D eigenvalue weighted by Crippen LogP contribution is -2.39. The van der Waals surface area contributed by atoms with Crippen LogP contribution in [0.1, 0.15) is 60.4 Å². The van der Waals surface area contributed by atoms with E-state index < -0.39 is 0 Å². The number of hydrogen-bond donors (Lipinski definition) is 1. The van der Waals surface area contributed by atoms with Crippen molar-refractivity contribution in [3.8, 4) is 0 Å². The van der Waals surface area contributed by atoms with Crippen LogP contribution in [-0.2, 0) is 6.42 Å². The first kappa shape index (κ1) is 16.2. The highest BCUT2D eigenvalue weighted by Gasteiger charge is 2.28. The number of nitrogens with zero attached hydrogens (tertiary/aromatic N) is 1. The predicted octanol–water partition coefficient (Wildman–Crippen LogP) is 4.47. The maximum absolute atomic E-state index is 5.10. The Kier molecular flexibility index (Phi) is 5.24. The van der Waals surface area contributed by atoms with E-state index in [2.05, 4.69) is 49.6 Å². The van der Waals surface area contributed by atoms with Crippen molar-refractivity contribution in [3.63, 3.8) is 0 Å². The summed E-state index contributed by atoms with van der Waals surface area (Å²) in [7, 11) is 0. The predicted molar refractivity (Wildman–Crippen MR) is 98.1 cm³/mol. The summed E-state index contributed by atoms with van der Waals surface area (Å²) >= 11 is 6.21. The maximum Gasteiger partial charge on any atom is 0.107 e. The lowest BCUT2D eigenvalue weighted by molar-refractivity contribution is 0.388. The molecule has 118 valence electrons. The van der Waals surface area contributed by atoms with E-state index >= 15 is 0 Å². The largest absolute Gasteiger partial charge is 0.311 e. The van der Waals surface area contributed by atoms with Crippen molar-refractivity contribution >= 4 is 34.9 Å². The van der Waals surface area contributed by atoms with Crippen LogP contribution in [0.5, 0.6) is 0 Å². The Hall–Kier alpha value is 0.290. The zero-order chi connectivity index (χ0) is 14.9. The van der Waals surface area contributed by atoms with E-state index in [9.17, 15) is 0 Å². The van der Waals surface area contributed by atoms with Crippen LogP contribution in [0, 0.1) is 0 Å². The second-order valence-corrected chi connectivity index (χ2v) is 10.6. The van der Waals surface area contributed by atoms with E-state index in [1.807, 2.05) is 11.3 Å². The fraction of sp³-hybridized carbons (Fsp3) is 0.812. The van der Waals surface area contributed by atoms with E-state index in [0.717, 1.165) is 6.54 Å². The SMILES string of the molecule is CC(C)(C)NCC1CCCc2sc(C3CSCCS3)nc21. The van der Waals surface area contributed by atoms with Gasteiger partial charge in [0.1, 0.15) is 5.01 Å². The molecule has 1 saturated heterocycles. The molecule has 21 heavy (non-hydrogen) atoms. The Morgan fingerprint density at radius 2 is 2.14 bits per heavy atom. The minimum absolute atomic E-state index is 0.201. The summed E-state index contributed by atoms with van der Waals surface area (Å²) in [4.78, 5) is 6.68. The highest BCUT2D eigenvalue weighted by atomic mass is 32.2. The van der Waals surface area contributed by atoms with Gasteiger partial charge in [0.2, 0.25) is 0 Å². The summed E-state index contributed by atoms with van der Waals surface area (Å²) in [5.74, 6) is 4.47. The van der Waals surface area contributed by atoms with Crippen molar-refractivity contribution in [2.24, 2.45) is 0 Å².